The molecule has 0 bridgehead atoms. The lowest BCUT2D eigenvalue weighted by molar-refractivity contribution is -0.123. The van der Waals surface area contributed by atoms with Gasteiger partial charge in [-0.25, -0.2) is 0 Å². The first kappa shape index (κ1) is 21.0. The number of benzene rings is 3. The number of ether oxygens (including phenoxy) is 1. The minimum atomic E-state index is -0.429. The summed E-state index contributed by atoms with van der Waals surface area (Å²) in [6, 6.07) is 24.4. The highest BCUT2D eigenvalue weighted by Crippen LogP contribution is 2.19. The van der Waals surface area contributed by atoms with Gasteiger partial charge in [-0.2, -0.15) is 0 Å². The molecule has 6 nitrogen and oxygen atoms in total. The summed E-state index contributed by atoms with van der Waals surface area (Å²) < 4.78 is 5.45. The Morgan fingerprint density at radius 3 is 2.17 bits per heavy atom. The maximum atomic E-state index is 12.3. The first-order valence-corrected chi connectivity index (χ1v) is 9.68. The van der Waals surface area contributed by atoms with E-state index in [1.54, 1.807) is 18.2 Å². The third kappa shape index (κ3) is 5.89. The molecule has 3 aromatic carbocycles. The summed E-state index contributed by atoms with van der Waals surface area (Å²) >= 11 is 5.05. The van der Waals surface area contributed by atoms with Crippen molar-refractivity contribution in [3.63, 3.8) is 0 Å². The minimum Gasteiger partial charge on any atom is -0.483 e. The number of hydrogen-bond acceptors (Lipinski definition) is 4. The highest BCUT2D eigenvalue weighted by molar-refractivity contribution is 7.80. The van der Waals surface area contributed by atoms with Crippen molar-refractivity contribution in [1.82, 2.24) is 16.2 Å². The Balaban J connectivity index is 1.44. The molecule has 2 amide bonds. The average Bonchev–Trinajstić information content (AvgIpc) is 2.78. The van der Waals surface area contributed by atoms with Gasteiger partial charge in [-0.15, -0.1) is 0 Å². The Hall–Kier alpha value is -3.71. The van der Waals surface area contributed by atoms with Gasteiger partial charge < -0.3 is 4.74 Å². The Morgan fingerprint density at radius 2 is 1.47 bits per heavy atom. The SMILES string of the molecule is Cc1ccccc1OCC(=O)NNC(=S)NC(=O)c1ccc(-c2ccccc2)cc1. The fraction of sp³-hybridized carbons (Fsp3) is 0.0870. The summed E-state index contributed by atoms with van der Waals surface area (Å²) in [7, 11) is 0. The number of aryl methyl sites for hydroxylation is 1. The second-order valence-corrected chi connectivity index (χ2v) is 6.86. The van der Waals surface area contributed by atoms with Crippen LogP contribution in [0.4, 0.5) is 0 Å². The summed E-state index contributed by atoms with van der Waals surface area (Å²) in [5.74, 6) is -0.179. The van der Waals surface area contributed by atoms with Crippen molar-refractivity contribution in [3.8, 4) is 16.9 Å². The van der Waals surface area contributed by atoms with Gasteiger partial charge in [0.1, 0.15) is 5.75 Å². The largest absolute Gasteiger partial charge is 0.483 e. The third-order valence-corrected chi connectivity index (χ3v) is 4.45. The Labute approximate surface area is 180 Å². The number of carbonyl (C=O) groups is 2. The van der Waals surface area contributed by atoms with Crippen molar-refractivity contribution < 1.29 is 14.3 Å². The number of nitrogens with one attached hydrogen (secondary N) is 3. The maximum Gasteiger partial charge on any atom is 0.276 e. The van der Waals surface area contributed by atoms with E-state index in [-0.39, 0.29) is 17.6 Å². The Morgan fingerprint density at radius 1 is 0.833 bits per heavy atom. The van der Waals surface area contributed by atoms with Crippen molar-refractivity contribution in [2.45, 2.75) is 6.92 Å². The summed E-state index contributed by atoms with van der Waals surface area (Å²) in [6.45, 7) is 1.71. The van der Waals surface area contributed by atoms with Crippen LogP contribution in [0.15, 0.2) is 78.9 Å². The normalized spacial score (nSPS) is 10.0. The van der Waals surface area contributed by atoms with E-state index in [0.717, 1.165) is 16.7 Å². The Bertz CT molecular complexity index is 1040. The number of hydrogen-bond donors (Lipinski definition) is 3. The molecule has 0 heterocycles. The van der Waals surface area contributed by atoms with Crippen LogP contribution in [0.3, 0.4) is 0 Å². The number of hydrazine groups is 1. The van der Waals surface area contributed by atoms with Gasteiger partial charge in [0.25, 0.3) is 11.8 Å². The lowest BCUT2D eigenvalue weighted by Gasteiger charge is -2.12. The Kier molecular flexibility index (Phi) is 7.13. The predicted octanol–water partition coefficient (Wildman–Crippen LogP) is 3.38. The molecule has 3 rings (SSSR count). The van der Waals surface area contributed by atoms with Crippen LogP contribution in [0.2, 0.25) is 0 Å². The number of rotatable bonds is 5. The van der Waals surface area contributed by atoms with Crippen molar-refractivity contribution in [3.05, 3.63) is 90.0 Å². The molecule has 0 radical (unpaired) electrons. The molecule has 0 aliphatic rings. The average molecular weight is 420 g/mol. The van der Waals surface area contributed by atoms with Gasteiger partial charge in [0.05, 0.1) is 0 Å². The maximum absolute atomic E-state index is 12.3. The molecule has 3 N–H and O–H groups in total. The standard InChI is InChI=1S/C23H21N3O3S/c1-16-7-5-6-10-20(16)29-15-21(27)25-26-23(30)24-22(28)19-13-11-18(12-14-19)17-8-3-2-4-9-17/h2-14H,15H2,1H3,(H,25,27)(H2,24,26,28,30). The van der Waals surface area contributed by atoms with E-state index in [2.05, 4.69) is 16.2 Å². The van der Waals surface area contributed by atoms with Gasteiger partial charge >= 0.3 is 0 Å². The van der Waals surface area contributed by atoms with Crippen LogP contribution in [0.5, 0.6) is 5.75 Å². The lowest BCUT2D eigenvalue weighted by Crippen LogP contribution is -2.49. The van der Waals surface area contributed by atoms with Crippen LogP contribution in [-0.4, -0.2) is 23.5 Å². The monoisotopic (exact) mass is 419 g/mol. The molecule has 0 aromatic heterocycles. The number of carbonyl (C=O) groups excluding carboxylic acids is 2. The van der Waals surface area contributed by atoms with E-state index < -0.39 is 5.91 Å². The molecule has 0 saturated heterocycles. The van der Waals surface area contributed by atoms with Crippen LogP contribution in [0, 0.1) is 6.92 Å². The number of thiocarbonyl (C=S) groups is 1. The minimum absolute atomic E-state index is 0.0172. The quantitative estimate of drug-likeness (QED) is 0.437. The predicted molar refractivity (Wildman–Crippen MR) is 120 cm³/mol. The second-order valence-electron chi connectivity index (χ2n) is 6.45. The van der Waals surface area contributed by atoms with Gasteiger partial charge in [0.15, 0.2) is 11.7 Å². The van der Waals surface area contributed by atoms with Crippen LogP contribution in [0.1, 0.15) is 15.9 Å². The van der Waals surface area contributed by atoms with Crippen LogP contribution >= 0.6 is 12.2 Å². The second kappa shape index (κ2) is 10.2. The lowest BCUT2D eigenvalue weighted by atomic mass is 10.0. The van der Waals surface area contributed by atoms with E-state index in [1.165, 1.54) is 0 Å². The van der Waals surface area contributed by atoms with Crippen molar-refractivity contribution in [2.75, 3.05) is 6.61 Å². The molecule has 152 valence electrons. The molecule has 3 aromatic rings. The van der Waals surface area contributed by atoms with Crippen LogP contribution < -0.4 is 20.9 Å². The van der Waals surface area contributed by atoms with Gasteiger partial charge in [0.2, 0.25) is 0 Å². The van der Waals surface area contributed by atoms with E-state index in [1.807, 2.05) is 67.6 Å². The van der Waals surface area contributed by atoms with Gasteiger partial charge in [-0.3, -0.25) is 25.8 Å². The summed E-state index contributed by atoms with van der Waals surface area (Å²) in [5, 5.41) is 2.50. The van der Waals surface area contributed by atoms with Gasteiger partial charge in [0, 0.05) is 5.56 Å². The van der Waals surface area contributed by atoms with E-state index in [9.17, 15) is 9.59 Å². The molecule has 30 heavy (non-hydrogen) atoms. The first-order chi connectivity index (χ1) is 14.5. The number of amides is 2. The summed E-state index contributed by atoms with van der Waals surface area (Å²) in [4.78, 5) is 24.2. The van der Waals surface area contributed by atoms with Crippen LogP contribution in [-0.2, 0) is 4.79 Å². The van der Waals surface area contributed by atoms with E-state index in [0.29, 0.717) is 11.3 Å². The molecule has 0 aliphatic carbocycles. The highest BCUT2D eigenvalue weighted by atomic mass is 32.1. The zero-order valence-corrected chi connectivity index (χ0v) is 17.2. The van der Waals surface area contributed by atoms with Crippen molar-refractivity contribution >= 4 is 29.1 Å². The molecule has 0 unspecified atom stereocenters. The van der Waals surface area contributed by atoms with Gasteiger partial charge in [-0.1, -0.05) is 60.7 Å². The van der Waals surface area contributed by atoms with E-state index >= 15 is 0 Å². The summed E-state index contributed by atoms with van der Waals surface area (Å²) in [5.41, 5.74) is 8.34. The van der Waals surface area contributed by atoms with Gasteiger partial charge in [-0.05, 0) is 54.0 Å². The van der Waals surface area contributed by atoms with E-state index in [4.69, 9.17) is 17.0 Å². The number of para-hydroxylation sites is 1. The molecule has 0 aliphatic heterocycles. The summed E-state index contributed by atoms with van der Waals surface area (Å²) in [6.07, 6.45) is 0. The molecule has 0 saturated carbocycles. The molecular weight excluding hydrogens is 398 g/mol. The smallest absolute Gasteiger partial charge is 0.276 e. The molecule has 7 heteroatoms. The molecule has 0 atom stereocenters. The fourth-order valence-corrected chi connectivity index (χ4v) is 2.82. The highest BCUT2D eigenvalue weighted by Gasteiger charge is 2.10. The zero-order chi connectivity index (χ0) is 21.3. The molecule has 0 fully saturated rings. The van der Waals surface area contributed by atoms with Crippen molar-refractivity contribution in [2.24, 2.45) is 0 Å². The zero-order valence-electron chi connectivity index (χ0n) is 16.3. The van der Waals surface area contributed by atoms with Crippen LogP contribution in [0.25, 0.3) is 11.1 Å². The third-order valence-electron chi connectivity index (χ3n) is 4.25. The topological polar surface area (TPSA) is 79.5 Å². The van der Waals surface area contributed by atoms with Crippen molar-refractivity contribution in [1.29, 1.82) is 0 Å². The fourth-order valence-electron chi connectivity index (χ4n) is 2.68. The molecule has 0 spiro atoms. The molecular formula is C23H21N3O3S. The first-order valence-electron chi connectivity index (χ1n) is 9.27.